The van der Waals surface area contributed by atoms with E-state index in [9.17, 15) is 13.6 Å². The summed E-state index contributed by atoms with van der Waals surface area (Å²) in [6, 6.07) is 3.69. The molecule has 0 radical (unpaired) electrons. The number of nitrogens with one attached hydrogen (secondary N) is 1. The molecule has 116 valence electrons. The fourth-order valence-corrected chi connectivity index (χ4v) is 3.49. The van der Waals surface area contributed by atoms with Crippen molar-refractivity contribution in [1.82, 2.24) is 5.32 Å². The normalized spacial score (nSPS) is 17.2. The third kappa shape index (κ3) is 3.80. The minimum absolute atomic E-state index is 0.119. The van der Waals surface area contributed by atoms with Crippen molar-refractivity contribution in [2.75, 3.05) is 6.54 Å². The zero-order chi connectivity index (χ0) is 15.5. The maximum absolute atomic E-state index is 13.6. The molecular weight excluding hydrogens is 272 g/mol. The quantitative estimate of drug-likeness (QED) is 0.862. The highest BCUT2D eigenvalue weighted by Crippen LogP contribution is 2.42. The molecule has 0 bridgehead atoms. The lowest BCUT2D eigenvalue weighted by Gasteiger charge is -2.31. The molecule has 1 fully saturated rings. The summed E-state index contributed by atoms with van der Waals surface area (Å²) in [7, 11) is 0. The Morgan fingerprint density at radius 3 is 2.57 bits per heavy atom. The Morgan fingerprint density at radius 1 is 1.29 bits per heavy atom. The zero-order valence-electron chi connectivity index (χ0n) is 12.7. The topological polar surface area (TPSA) is 29.1 Å². The molecule has 0 atom stereocenters. The second-order valence-corrected chi connectivity index (χ2v) is 6.59. The molecule has 1 aromatic carbocycles. The van der Waals surface area contributed by atoms with Gasteiger partial charge in [-0.25, -0.2) is 8.78 Å². The standard InChI is InChI=1S/C17H23F2NO/c1-12(2)10-17(8-3-4-9-17)11-20-16(21)13-6-5-7-14(18)15(13)19/h5-7,12H,3-4,8-11H2,1-2H3,(H,20,21). The summed E-state index contributed by atoms with van der Waals surface area (Å²) in [5.41, 5.74) is -0.0964. The highest BCUT2D eigenvalue weighted by Gasteiger charge is 2.34. The van der Waals surface area contributed by atoms with Crippen LogP contribution in [0.3, 0.4) is 0 Å². The number of hydrogen-bond acceptors (Lipinski definition) is 1. The molecule has 0 aromatic heterocycles. The van der Waals surface area contributed by atoms with E-state index >= 15 is 0 Å². The first-order valence-corrected chi connectivity index (χ1v) is 7.66. The van der Waals surface area contributed by atoms with Crippen molar-refractivity contribution in [3.63, 3.8) is 0 Å². The molecule has 21 heavy (non-hydrogen) atoms. The van der Waals surface area contributed by atoms with Crippen molar-refractivity contribution < 1.29 is 13.6 Å². The average Bonchev–Trinajstić information content (AvgIpc) is 2.87. The summed E-state index contributed by atoms with van der Waals surface area (Å²) in [5, 5.41) is 2.81. The molecule has 0 aliphatic heterocycles. The Bertz CT molecular complexity index is 508. The third-order valence-electron chi connectivity index (χ3n) is 4.33. The summed E-state index contributed by atoms with van der Waals surface area (Å²) < 4.78 is 26.8. The van der Waals surface area contributed by atoms with E-state index in [2.05, 4.69) is 19.2 Å². The van der Waals surface area contributed by atoms with E-state index in [1.165, 1.54) is 25.0 Å². The van der Waals surface area contributed by atoms with Gasteiger partial charge in [0.2, 0.25) is 0 Å². The molecule has 0 spiro atoms. The van der Waals surface area contributed by atoms with Crippen LogP contribution in [0.15, 0.2) is 18.2 Å². The monoisotopic (exact) mass is 295 g/mol. The van der Waals surface area contributed by atoms with Gasteiger partial charge in [0, 0.05) is 6.54 Å². The maximum Gasteiger partial charge on any atom is 0.254 e. The molecule has 1 aromatic rings. The van der Waals surface area contributed by atoms with Crippen LogP contribution in [0.25, 0.3) is 0 Å². The van der Waals surface area contributed by atoms with Crippen molar-refractivity contribution in [2.45, 2.75) is 46.0 Å². The second kappa shape index (κ2) is 6.54. The van der Waals surface area contributed by atoms with Gasteiger partial charge >= 0.3 is 0 Å². The van der Waals surface area contributed by atoms with Crippen molar-refractivity contribution >= 4 is 5.91 Å². The number of carbonyl (C=O) groups is 1. The van der Waals surface area contributed by atoms with Gasteiger partial charge in [0.15, 0.2) is 11.6 Å². The Balaban J connectivity index is 2.04. The fraction of sp³-hybridized carbons (Fsp3) is 0.588. The highest BCUT2D eigenvalue weighted by molar-refractivity contribution is 5.94. The Hall–Kier alpha value is -1.45. The molecule has 0 saturated heterocycles. The first-order valence-electron chi connectivity index (χ1n) is 7.66. The Labute approximate surface area is 124 Å². The minimum Gasteiger partial charge on any atom is -0.351 e. The zero-order valence-corrected chi connectivity index (χ0v) is 12.7. The van der Waals surface area contributed by atoms with E-state index in [1.807, 2.05) is 0 Å². The van der Waals surface area contributed by atoms with Crippen LogP contribution in [0.5, 0.6) is 0 Å². The molecule has 1 aliphatic rings. The van der Waals surface area contributed by atoms with Crippen molar-refractivity contribution in [2.24, 2.45) is 11.3 Å². The Kier molecular flexibility index (Phi) is 4.96. The fourth-order valence-electron chi connectivity index (χ4n) is 3.49. The number of halogens is 2. The molecule has 4 heteroatoms. The SMILES string of the molecule is CC(C)CC1(CNC(=O)c2cccc(F)c2F)CCCC1. The summed E-state index contributed by atoms with van der Waals surface area (Å²) >= 11 is 0. The molecule has 1 amide bonds. The van der Waals surface area contributed by atoms with E-state index in [-0.39, 0.29) is 11.0 Å². The van der Waals surface area contributed by atoms with Gasteiger partial charge in [0.1, 0.15) is 0 Å². The molecule has 0 unspecified atom stereocenters. The van der Waals surface area contributed by atoms with Gasteiger partial charge in [-0.05, 0) is 42.7 Å². The number of benzene rings is 1. The minimum atomic E-state index is -1.07. The van der Waals surface area contributed by atoms with Crippen molar-refractivity contribution in [1.29, 1.82) is 0 Å². The predicted octanol–water partition coefficient (Wildman–Crippen LogP) is 4.30. The van der Waals surface area contributed by atoms with E-state index in [0.29, 0.717) is 12.5 Å². The van der Waals surface area contributed by atoms with Gasteiger partial charge in [0.05, 0.1) is 5.56 Å². The molecule has 2 rings (SSSR count). The molecule has 1 aliphatic carbocycles. The highest BCUT2D eigenvalue weighted by atomic mass is 19.2. The molecule has 1 N–H and O–H groups in total. The van der Waals surface area contributed by atoms with Gasteiger partial charge in [0.25, 0.3) is 5.91 Å². The number of rotatable bonds is 5. The molecular formula is C17H23F2NO. The van der Waals surface area contributed by atoms with Crippen molar-refractivity contribution in [3.8, 4) is 0 Å². The van der Waals surface area contributed by atoms with E-state index in [0.717, 1.165) is 25.3 Å². The molecule has 2 nitrogen and oxygen atoms in total. The first kappa shape index (κ1) is 15.9. The van der Waals surface area contributed by atoms with Crippen LogP contribution in [0.1, 0.15) is 56.3 Å². The van der Waals surface area contributed by atoms with Crippen LogP contribution in [0.4, 0.5) is 8.78 Å². The van der Waals surface area contributed by atoms with E-state index in [1.54, 1.807) is 0 Å². The van der Waals surface area contributed by atoms with Crippen LogP contribution < -0.4 is 5.32 Å². The van der Waals surface area contributed by atoms with Crippen LogP contribution in [-0.4, -0.2) is 12.5 Å². The average molecular weight is 295 g/mol. The summed E-state index contributed by atoms with van der Waals surface area (Å²) in [6.45, 7) is 4.89. The van der Waals surface area contributed by atoms with Crippen LogP contribution in [0, 0.1) is 23.0 Å². The first-order chi connectivity index (χ1) is 9.93. The largest absolute Gasteiger partial charge is 0.351 e. The van der Waals surface area contributed by atoms with Gasteiger partial charge in [-0.2, -0.15) is 0 Å². The van der Waals surface area contributed by atoms with Crippen molar-refractivity contribution in [3.05, 3.63) is 35.4 Å². The number of hydrogen-bond donors (Lipinski definition) is 1. The number of amides is 1. The van der Waals surface area contributed by atoms with Gasteiger partial charge in [-0.3, -0.25) is 4.79 Å². The summed E-state index contributed by atoms with van der Waals surface area (Å²) in [4.78, 5) is 12.1. The van der Waals surface area contributed by atoms with Gasteiger partial charge in [-0.15, -0.1) is 0 Å². The predicted molar refractivity (Wildman–Crippen MR) is 79.0 cm³/mol. The van der Waals surface area contributed by atoms with Gasteiger partial charge in [-0.1, -0.05) is 32.8 Å². The van der Waals surface area contributed by atoms with E-state index in [4.69, 9.17) is 0 Å². The van der Waals surface area contributed by atoms with Gasteiger partial charge < -0.3 is 5.32 Å². The lowest BCUT2D eigenvalue weighted by atomic mass is 9.78. The van der Waals surface area contributed by atoms with Crippen LogP contribution >= 0.6 is 0 Å². The smallest absolute Gasteiger partial charge is 0.254 e. The molecule has 1 saturated carbocycles. The Morgan fingerprint density at radius 2 is 1.95 bits per heavy atom. The third-order valence-corrected chi connectivity index (χ3v) is 4.33. The van der Waals surface area contributed by atoms with Crippen LogP contribution in [-0.2, 0) is 0 Å². The second-order valence-electron chi connectivity index (χ2n) is 6.59. The van der Waals surface area contributed by atoms with E-state index < -0.39 is 17.5 Å². The van der Waals surface area contributed by atoms with Crippen LogP contribution in [0.2, 0.25) is 0 Å². The lowest BCUT2D eigenvalue weighted by Crippen LogP contribution is -2.37. The number of carbonyl (C=O) groups excluding carboxylic acids is 1. The summed E-state index contributed by atoms with van der Waals surface area (Å²) in [5.74, 6) is -2.02. The molecule has 0 heterocycles. The maximum atomic E-state index is 13.6. The summed E-state index contributed by atoms with van der Waals surface area (Å²) in [6.07, 6.45) is 5.60. The lowest BCUT2D eigenvalue weighted by molar-refractivity contribution is 0.0916.